The van der Waals surface area contributed by atoms with Crippen LogP contribution in [0.5, 0.6) is 5.75 Å². The number of sulfonamides is 1. The molecule has 0 saturated carbocycles. The smallest absolute Gasteiger partial charge is 0.279 e. The highest BCUT2D eigenvalue weighted by Gasteiger charge is 2.28. The number of methoxy groups -OCH3 is 1. The highest BCUT2D eigenvalue weighted by atomic mass is 32.2. The minimum atomic E-state index is -3.53. The van der Waals surface area contributed by atoms with Crippen LogP contribution in [0.1, 0.15) is 5.82 Å². The molecule has 0 unspecified atom stereocenters. The van der Waals surface area contributed by atoms with E-state index in [0.29, 0.717) is 56.4 Å². The van der Waals surface area contributed by atoms with Gasteiger partial charge in [0.25, 0.3) is 5.56 Å². The van der Waals surface area contributed by atoms with E-state index in [2.05, 4.69) is 24.8 Å². The summed E-state index contributed by atoms with van der Waals surface area (Å²) >= 11 is 0. The molecule has 10 nitrogen and oxygen atoms in total. The van der Waals surface area contributed by atoms with Gasteiger partial charge in [-0.1, -0.05) is 0 Å². The third kappa shape index (κ3) is 4.18. The number of aromatic amines is 1. The minimum Gasteiger partial charge on any atom is -0.497 e. The maximum Gasteiger partial charge on any atom is 0.279 e. The Labute approximate surface area is 173 Å². The molecule has 1 fully saturated rings. The van der Waals surface area contributed by atoms with Gasteiger partial charge >= 0.3 is 0 Å². The molecule has 3 aromatic rings. The Morgan fingerprint density at radius 2 is 1.77 bits per heavy atom. The summed E-state index contributed by atoms with van der Waals surface area (Å²) in [5.74, 6) is 1.16. The Kier molecular flexibility index (Phi) is 5.75. The van der Waals surface area contributed by atoms with Gasteiger partial charge in [-0.2, -0.15) is 4.31 Å². The normalized spacial score (nSPS) is 16.0. The van der Waals surface area contributed by atoms with Gasteiger partial charge < -0.3 is 14.6 Å². The number of aromatic nitrogens is 4. The zero-order valence-electron chi connectivity index (χ0n) is 16.5. The number of hydrogen-bond acceptors (Lipinski definition) is 8. The number of nitrogens with zero attached hydrogens (tertiary/aromatic N) is 5. The molecule has 3 heterocycles. The highest BCUT2D eigenvalue weighted by molar-refractivity contribution is 7.89. The van der Waals surface area contributed by atoms with Crippen LogP contribution in [-0.2, 0) is 16.4 Å². The van der Waals surface area contributed by atoms with E-state index in [9.17, 15) is 13.2 Å². The van der Waals surface area contributed by atoms with Crippen LogP contribution in [0.15, 0.2) is 46.3 Å². The van der Waals surface area contributed by atoms with E-state index in [0.717, 1.165) is 0 Å². The van der Waals surface area contributed by atoms with Gasteiger partial charge in [-0.05, 0) is 24.3 Å². The fourth-order valence-corrected chi connectivity index (χ4v) is 4.81. The van der Waals surface area contributed by atoms with E-state index in [-0.39, 0.29) is 16.0 Å². The molecule has 1 aliphatic rings. The van der Waals surface area contributed by atoms with Crippen LogP contribution in [0.25, 0.3) is 11.2 Å². The summed E-state index contributed by atoms with van der Waals surface area (Å²) in [5.41, 5.74) is 0.240. The molecule has 1 saturated heterocycles. The van der Waals surface area contributed by atoms with Crippen molar-refractivity contribution in [2.24, 2.45) is 0 Å². The molecule has 1 aliphatic heterocycles. The summed E-state index contributed by atoms with van der Waals surface area (Å²) in [6, 6.07) is 6.41. The van der Waals surface area contributed by atoms with Crippen molar-refractivity contribution in [1.82, 2.24) is 29.1 Å². The maximum atomic E-state index is 12.8. The predicted octanol–water partition coefficient (Wildman–Crippen LogP) is 0.271. The van der Waals surface area contributed by atoms with Crippen LogP contribution in [0.2, 0.25) is 0 Å². The first-order valence-electron chi connectivity index (χ1n) is 9.54. The fourth-order valence-electron chi connectivity index (χ4n) is 3.39. The second kappa shape index (κ2) is 8.46. The lowest BCUT2D eigenvalue weighted by molar-refractivity contribution is 0.189. The molecular weight excluding hydrogens is 408 g/mol. The summed E-state index contributed by atoms with van der Waals surface area (Å²) in [7, 11) is -1.99. The maximum absolute atomic E-state index is 12.8. The molecule has 1 aromatic carbocycles. The first kappa shape index (κ1) is 20.4. The Balaban J connectivity index is 1.36. The van der Waals surface area contributed by atoms with Gasteiger partial charge in [-0.25, -0.2) is 23.4 Å². The van der Waals surface area contributed by atoms with Gasteiger partial charge in [0, 0.05) is 51.5 Å². The van der Waals surface area contributed by atoms with Gasteiger partial charge in [-0.15, -0.1) is 0 Å². The summed E-state index contributed by atoms with van der Waals surface area (Å²) in [4.78, 5) is 29.7. The third-order valence-corrected chi connectivity index (χ3v) is 7.00. The Bertz CT molecular complexity index is 1190. The Hall–Kier alpha value is -2.89. The molecule has 0 spiro atoms. The van der Waals surface area contributed by atoms with Crippen LogP contribution in [0, 0.1) is 0 Å². The molecule has 0 bridgehead atoms. The topological polar surface area (TPSA) is 121 Å². The average Bonchev–Trinajstić information content (AvgIpc) is 2.78. The van der Waals surface area contributed by atoms with Gasteiger partial charge in [0.1, 0.15) is 11.6 Å². The van der Waals surface area contributed by atoms with Crippen molar-refractivity contribution in [3.63, 3.8) is 0 Å². The van der Waals surface area contributed by atoms with Crippen LogP contribution >= 0.6 is 0 Å². The lowest BCUT2D eigenvalue weighted by Crippen LogP contribution is -2.49. The number of fused-ring (bicyclic) bond motifs is 1. The van der Waals surface area contributed by atoms with E-state index in [1.165, 1.54) is 16.7 Å². The van der Waals surface area contributed by atoms with Crippen molar-refractivity contribution in [2.45, 2.75) is 11.3 Å². The first-order valence-corrected chi connectivity index (χ1v) is 11.0. The van der Waals surface area contributed by atoms with Gasteiger partial charge in [0.05, 0.1) is 12.0 Å². The molecule has 0 amide bonds. The van der Waals surface area contributed by atoms with E-state index in [4.69, 9.17) is 4.74 Å². The monoisotopic (exact) mass is 430 g/mol. The molecule has 2 aromatic heterocycles. The average molecular weight is 430 g/mol. The van der Waals surface area contributed by atoms with Crippen LogP contribution < -0.4 is 10.3 Å². The Morgan fingerprint density at radius 3 is 2.47 bits per heavy atom. The lowest BCUT2D eigenvalue weighted by Gasteiger charge is -2.33. The van der Waals surface area contributed by atoms with Crippen LogP contribution in [0.4, 0.5) is 0 Å². The number of nitrogens with one attached hydrogen (secondary N) is 1. The van der Waals surface area contributed by atoms with Crippen molar-refractivity contribution in [3.8, 4) is 5.75 Å². The van der Waals surface area contributed by atoms with E-state index in [1.807, 2.05) is 0 Å². The van der Waals surface area contributed by atoms with Crippen molar-refractivity contribution >= 4 is 21.2 Å². The van der Waals surface area contributed by atoms with Crippen LogP contribution in [0.3, 0.4) is 0 Å². The number of ether oxygens (including phenoxy) is 1. The highest BCUT2D eigenvalue weighted by Crippen LogP contribution is 2.20. The molecule has 11 heteroatoms. The number of H-pyrrole nitrogens is 1. The number of hydrogen-bond donors (Lipinski definition) is 1. The zero-order chi connectivity index (χ0) is 21.1. The quantitative estimate of drug-likeness (QED) is 0.592. The van der Waals surface area contributed by atoms with Gasteiger partial charge in [0.2, 0.25) is 10.0 Å². The SMILES string of the molecule is COc1ccc(S(=O)(=O)N2CCN(CCc3nc4nccnc4c(=O)[nH]3)CC2)cc1. The second-order valence-electron chi connectivity index (χ2n) is 6.91. The summed E-state index contributed by atoms with van der Waals surface area (Å²) < 4.78 is 32.3. The Morgan fingerprint density at radius 1 is 1.07 bits per heavy atom. The summed E-state index contributed by atoms with van der Waals surface area (Å²) in [6.07, 6.45) is 3.49. The van der Waals surface area contributed by atoms with E-state index < -0.39 is 10.0 Å². The largest absolute Gasteiger partial charge is 0.497 e. The second-order valence-corrected chi connectivity index (χ2v) is 8.85. The number of benzene rings is 1. The molecule has 1 N–H and O–H groups in total. The predicted molar refractivity (Wildman–Crippen MR) is 110 cm³/mol. The van der Waals surface area contributed by atoms with Crippen LogP contribution in [-0.4, -0.2) is 77.4 Å². The van der Waals surface area contributed by atoms with Gasteiger partial charge in [0.15, 0.2) is 11.2 Å². The van der Waals surface area contributed by atoms with Crippen molar-refractivity contribution in [3.05, 3.63) is 52.8 Å². The molecule has 0 atom stereocenters. The minimum absolute atomic E-state index is 0.221. The van der Waals surface area contributed by atoms with E-state index in [1.54, 1.807) is 31.4 Å². The molecule has 158 valence electrons. The van der Waals surface area contributed by atoms with Crippen molar-refractivity contribution in [1.29, 1.82) is 0 Å². The standard InChI is InChI=1S/C19H22N6O4S/c1-29-14-2-4-15(5-3-14)30(27,28)25-12-10-24(11-13-25)9-6-16-22-18-17(19(26)23-16)20-7-8-21-18/h2-5,7-8H,6,9-13H2,1H3,(H,21,22,23,26). The summed E-state index contributed by atoms with van der Waals surface area (Å²) in [6.45, 7) is 2.67. The number of rotatable bonds is 6. The number of piperazine rings is 1. The fraction of sp³-hybridized carbons (Fsp3) is 0.368. The molecule has 0 radical (unpaired) electrons. The van der Waals surface area contributed by atoms with Crippen molar-refractivity contribution < 1.29 is 13.2 Å². The third-order valence-electron chi connectivity index (χ3n) is 5.09. The lowest BCUT2D eigenvalue weighted by atomic mass is 10.3. The zero-order valence-corrected chi connectivity index (χ0v) is 17.3. The first-order chi connectivity index (χ1) is 14.5. The van der Waals surface area contributed by atoms with E-state index >= 15 is 0 Å². The molecule has 0 aliphatic carbocycles. The molecular formula is C19H22N6O4S. The summed E-state index contributed by atoms with van der Waals surface area (Å²) in [5, 5.41) is 0. The van der Waals surface area contributed by atoms with Crippen molar-refractivity contribution in [2.75, 3.05) is 39.8 Å². The van der Waals surface area contributed by atoms with Gasteiger partial charge in [-0.3, -0.25) is 4.79 Å². The molecule has 4 rings (SSSR count). The molecule has 30 heavy (non-hydrogen) atoms.